The van der Waals surface area contributed by atoms with E-state index in [1.54, 1.807) is 7.11 Å². The normalized spacial score (nSPS) is 25.4. The zero-order valence-corrected chi connectivity index (χ0v) is 10.4. The largest absolute Gasteiger partial charge is 0.383 e. The van der Waals surface area contributed by atoms with Crippen molar-refractivity contribution in [2.45, 2.75) is 38.6 Å². The Hall–Kier alpha value is -0.610. The summed E-state index contributed by atoms with van der Waals surface area (Å²) in [6, 6.07) is 0.380. The van der Waals surface area contributed by atoms with Crippen LogP contribution in [0.15, 0.2) is 0 Å². The Morgan fingerprint density at radius 1 is 1.38 bits per heavy atom. The summed E-state index contributed by atoms with van der Waals surface area (Å²) in [4.78, 5) is 11.6. The summed E-state index contributed by atoms with van der Waals surface area (Å²) < 4.78 is 4.90. The SMILES string of the molecule is COCCNCC(=O)NC1CCCCC1C. The maximum Gasteiger partial charge on any atom is 0.234 e. The highest BCUT2D eigenvalue weighted by Gasteiger charge is 2.22. The fourth-order valence-electron chi connectivity index (χ4n) is 2.16. The van der Waals surface area contributed by atoms with Crippen LogP contribution in [0.2, 0.25) is 0 Å². The van der Waals surface area contributed by atoms with Crippen LogP contribution in [0.5, 0.6) is 0 Å². The Morgan fingerprint density at radius 3 is 2.81 bits per heavy atom. The zero-order chi connectivity index (χ0) is 11.8. The van der Waals surface area contributed by atoms with Gasteiger partial charge in [-0.3, -0.25) is 4.79 Å². The van der Waals surface area contributed by atoms with Crippen molar-refractivity contribution in [3.05, 3.63) is 0 Å². The van der Waals surface area contributed by atoms with E-state index in [0.717, 1.165) is 13.0 Å². The molecule has 0 aromatic rings. The minimum Gasteiger partial charge on any atom is -0.383 e. The van der Waals surface area contributed by atoms with Gasteiger partial charge >= 0.3 is 0 Å². The van der Waals surface area contributed by atoms with E-state index in [4.69, 9.17) is 4.74 Å². The molecule has 0 aromatic carbocycles. The monoisotopic (exact) mass is 228 g/mol. The lowest BCUT2D eigenvalue weighted by atomic mass is 9.86. The lowest BCUT2D eigenvalue weighted by Gasteiger charge is -2.29. The van der Waals surface area contributed by atoms with E-state index >= 15 is 0 Å². The predicted molar refractivity (Wildman–Crippen MR) is 64.3 cm³/mol. The minimum atomic E-state index is 0.106. The van der Waals surface area contributed by atoms with Gasteiger partial charge in [-0.2, -0.15) is 0 Å². The van der Waals surface area contributed by atoms with Crippen molar-refractivity contribution in [2.75, 3.05) is 26.8 Å². The number of hydrogen-bond donors (Lipinski definition) is 2. The average molecular weight is 228 g/mol. The van der Waals surface area contributed by atoms with Crippen molar-refractivity contribution in [1.82, 2.24) is 10.6 Å². The van der Waals surface area contributed by atoms with E-state index in [1.807, 2.05) is 0 Å². The van der Waals surface area contributed by atoms with Gasteiger partial charge in [-0.15, -0.1) is 0 Å². The summed E-state index contributed by atoms with van der Waals surface area (Å²) in [6.45, 7) is 3.99. The summed E-state index contributed by atoms with van der Waals surface area (Å²) in [6.07, 6.45) is 4.92. The van der Waals surface area contributed by atoms with Crippen molar-refractivity contribution in [3.8, 4) is 0 Å². The number of hydrogen-bond acceptors (Lipinski definition) is 3. The Bertz CT molecular complexity index is 209. The van der Waals surface area contributed by atoms with Gasteiger partial charge in [0.2, 0.25) is 5.91 Å². The van der Waals surface area contributed by atoms with E-state index in [9.17, 15) is 4.79 Å². The molecule has 4 nitrogen and oxygen atoms in total. The van der Waals surface area contributed by atoms with Gasteiger partial charge in [0.25, 0.3) is 0 Å². The van der Waals surface area contributed by atoms with E-state index in [2.05, 4.69) is 17.6 Å². The van der Waals surface area contributed by atoms with Gasteiger partial charge in [0, 0.05) is 19.7 Å². The topological polar surface area (TPSA) is 50.4 Å². The molecule has 0 heterocycles. The molecule has 0 radical (unpaired) electrons. The van der Waals surface area contributed by atoms with Crippen LogP contribution in [-0.4, -0.2) is 38.8 Å². The van der Waals surface area contributed by atoms with E-state index in [-0.39, 0.29) is 5.91 Å². The van der Waals surface area contributed by atoms with Gasteiger partial charge in [-0.1, -0.05) is 19.8 Å². The van der Waals surface area contributed by atoms with Crippen LogP contribution >= 0.6 is 0 Å². The van der Waals surface area contributed by atoms with Crippen LogP contribution < -0.4 is 10.6 Å². The van der Waals surface area contributed by atoms with Crippen LogP contribution in [0, 0.1) is 5.92 Å². The molecule has 0 aliphatic heterocycles. The molecule has 2 N–H and O–H groups in total. The lowest BCUT2D eigenvalue weighted by molar-refractivity contribution is -0.121. The fourth-order valence-corrected chi connectivity index (χ4v) is 2.16. The van der Waals surface area contributed by atoms with E-state index < -0.39 is 0 Å². The lowest BCUT2D eigenvalue weighted by Crippen LogP contribution is -2.45. The van der Waals surface area contributed by atoms with Gasteiger partial charge in [-0.25, -0.2) is 0 Å². The van der Waals surface area contributed by atoms with Gasteiger partial charge in [0.05, 0.1) is 13.2 Å². The summed E-state index contributed by atoms with van der Waals surface area (Å²) >= 11 is 0. The molecule has 0 saturated heterocycles. The second kappa shape index (κ2) is 7.63. The third kappa shape index (κ3) is 4.94. The van der Waals surface area contributed by atoms with Gasteiger partial charge < -0.3 is 15.4 Å². The standard InChI is InChI=1S/C12H24N2O2/c1-10-5-3-4-6-11(10)14-12(15)9-13-7-8-16-2/h10-11,13H,3-9H2,1-2H3,(H,14,15). The van der Waals surface area contributed by atoms with Crippen LogP contribution in [0.3, 0.4) is 0 Å². The van der Waals surface area contributed by atoms with E-state index in [0.29, 0.717) is 25.1 Å². The number of methoxy groups -OCH3 is 1. The van der Waals surface area contributed by atoms with Crippen molar-refractivity contribution in [1.29, 1.82) is 0 Å². The van der Waals surface area contributed by atoms with Crippen molar-refractivity contribution < 1.29 is 9.53 Å². The van der Waals surface area contributed by atoms with Gasteiger partial charge in [-0.05, 0) is 18.8 Å². The van der Waals surface area contributed by atoms with Crippen LogP contribution in [0.25, 0.3) is 0 Å². The highest BCUT2D eigenvalue weighted by Crippen LogP contribution is 2.23. The average Bonchev–Trinajstić information content (AvgIpc) is 2.28. The molecule has 1 fully saturated rings. The van der Waals surface area contributed by atoms with Crippen LogP contribution in [0.1, 0.15) is 32.6 Å². The Balaban J connectivity index is 2.12. The molecule has 2 atom stereocenters. The van der Waals surface area contributed by atoms with Crippen LogP contribution in [0.4, 0.5) is 0 Å². The third-order valence-electron chi connectivity index (χ3n) is 3.23. The molecule has 0 bridgehead atoms. The summed E-state index contributed by atoms with van der Waals surface area (Å²) in [5, 5.41) is 6.16. The molecule has 0 aromatic heterocycles. The number of ether oxygens (including phenoxy) is 1. The number of rotatable bonds is 6. The van der Waals surface area contributed by atoms with Crippen molar-refractivity contribution >= 4 is 5.91 Å². The number of amides is 1. The second-order valence-corrected chi connectivity index (χ2v) is 4.61. The Morgan fingerprint density at radius 2 is 2.12 bits per heavy atom. The van der Waals surface area contributed by atoms with Crippen molar-refractivity contribution in [2.24, 2.45) is 5.92 Å². The van der Waals surface area contributed by atoms with Crippen molar-refractivity contribution in [3.63, 3.8) is 0 Å². The number of carbonyl (C=O) groups is 1. The Labute approximate surface area is 98.1 Å². The van der Waals surface area contributed by atoms with E-state index in [1.165, 1.54) is 19.3 Å². The molecule has 4 heteroatoms. The highest BCUT2D eigenvalue weighted by molar-refractivity contribution is 5.78. The minimum absolute atomic E-state index is 0.106. The molecule has 2 unspecified atom stereocenters. The number of carbonyl (C=O) groups excluding carboxylic acids is 1. The van der Waals surface area contributed by atoms with Crippen LogP contribution in [-0.2, 0) is 9.53 Å². The summed E-state index contributed by atoms with van der Waals surface area (Å²) in [7, 11) is 1.66. The predicted octanol–water partition coefficient (Wildman–Crippen LogP) is 0.917. The molecular weight excluding hydrogens is 204 g/mol. The van der Waals surface area contributed by atoms with Gasteiger partial charge in [0.1, 0.15) is 0 Å². The molecule has 1 saturated carbocycles. The molecule has 1 rings (SSSR count). The first-order valence-electron chi connectivity index (χ1n) is 6.23. The highest BCUT2D eigenvalue weighted by atomic mass is 16.5. The summed E-state index contributed by atoms with van der Waals surface area (Å²) in [5.41, 5.74) is 0. The maximum absolute atomic E-state index is 11.6. The first-order valence-corrected chi connectivity index (χ1v) is 6.23. The summed E-state index contributed by atoms with van der Waals surface area (Å²) in [5.74, 6) is 0.728. The molecule has 16 heavy (non-hydrogen) atoms. The van der Waals surface area contributed by atoms with Gasteiger partial charge in [0.15, 0.2) is 0 Å². The Kier molecular flexibility index (Phi) is 6.42. The third-order valence-corrected chi connectivity index (χ3v) is 3.23. The fraction of sp³-hybridized carbons (Fsp3) is 0.917. The quantitative estimate of drug-likeness (QED) is 0.665. The molecule has 1 aliphatic carbocycles. The molecule has 1 amide bonds. The molecule has 0 spiro atoms. The smallest absolute Gasteiger partial charge is 0.234 e. The number of nitrogens with one attached hydrogen (secondary N) is 2. The molecular formula is C12H24N2O2. The first-order chi connectivity index (χ1) is 7.74. The maximum atomic E-state index is 11.6. The molecule has 1 aliphatic rings. The zero-order valence-electron chi connectivity index (χ0n) is 10.4. The first kappa shape index (κ1) is 13.5. The molecule has 94 valence electrons. The second-order valence-electron chi connectivity index (χ2n) is 4.61.